The van der Waals surface area contributed by atoms with Crippen molar-refractivity contribution < 1.29 is 0 Å². The Hall–Kier alpha value is -0.590. The van der Waals surface area contributed by atoms with E-state index in [0.717, 1.165) is 19.1 Å². The molecule has 1 heterocycles. The SMILES string of the molecule is CC1CNCC(CC#N)N(C2CCCC2)C1. The van der Waals surface area contributed by atoms with Crippen LogP contribution < -0.4 is 5.32 Å². The summed E-state index contributed by atoms with van der Waals surface area (Å²) in [4.78, 5) is 2.63. The summed E-state index contributed by atoms with van der Waals surface area (Å²) in [6.45, 7) is 5.58. The van der Waals surface area contributed by atoms with E-state index in [2.05, 4.69) is 23.2 Å². The van der Waals surface area contributed by atoms with Gasteiger partial charge in [-0.15, -0.1) is 0 Å². The van der Waals surface area contributed by atoms with Gasteiger partial charge in [0.05, 0.1) is 12.5 Å². The second kappa shape index (κ2) is 5.65. The highest BCUT2D eigenvalue weighted by atomic mass is 15.2. The summed E-state index contributed by atoms with van der Waals surface area (Å²) in [7, 11) is 0. The standard InChI is InChI=1S/C13H23N3/c1-11-8-15-9-13(6-7-14)16(10-11)12-4-2-3-5-12/h11-13,15H,2-6,8-10H2,1H3. The molecule has 2 unspecified atom stereocenters. The van der Waals surface area contributed by atoms with Crippen molar-refractivity contribution >= 4 is 0 Å². The molecule has 1 saturated heterocycles. The van der Waals surface area contributed by atoms with Crippen molar-refractivity contribution in [1.82, 2.24) is 10.2 Å². The molecule has 1 N–H and O–H groups in total. The van der Waals surface area contributed by atoms with Gasteiger partial charge in [0.25, 0.3) is 0 Å². The van der Waals surface area contributed by atoms with Crippen LogP contribution in [0.15, 0.2) is 0 Å². The maximum atomic E-state index is 8.93. The quantitative estimate of drug-likeness (QED) is 0.772. The van der Waals surface area contributed by atoms with E-state index >= 15 is 0 Å². The Morgan fingerprint density at radius 3 is 2.75 bits per heavy atom. The predicted molar refractivity (Wildman–Crippen MR) is 65.0 cm³/mol. The van der Waals surface area contributed by atoms with E-state index in [-0.39, 0.29) is 0 Å². The fraction of sp³-hybridized carbons (Fsp3) is 0.923. The van der Waals surface area contributed by atoms with Gasteiger partial charge in [0, 0.05) is 25.2 Å². The Morgan fingerprint density at radius 2 is 2.06 bits per heavy atom. The largest absolute Gasteiger partial charge is 0.315 e. The summed E-state index contributed by atoms with van der Waals surface area (Å²) < 4.78 is 0. The van der Waals surface area contributed by atoms with Crippen LogP contribution in [0.1, 0.15) is 39.0 Å². The van der Waals surface area contributed by atoms with Crippen molar-refractivity contribution in [2.45, 2.75) is 51.1 Å². The Kier molecular flexibility index (Phi) is 4.20. The average molecular weight is 221 g/mol. The summed E-state index contributed by atoms with van der Waals surface area (Å²) in [5.74, 6) is 0.712. The maximum absolute atomic E-state index is 8.93. The lowest BCUT2D eigenvalue weighted by atomic mass is 10.1. The molecule has 2 rings (SSSR count). The Labute approximate surface area is 98.8 Å². The molecular weight excluding hydrogens is 198 g/mol. The molecule has 1 aliphatic heterocycles. The van der Waals surface area contributed by atoms with Gasteiger partial charge in [0.2, 0.25) is 0 Å². The molecule has 1 saturated carbocycles. The molecule has 0 bridgehead atoms. The molecular formula is C13H23N3. The van der Waals surface area contributed by atoms with E-state index in [4.69, 9.17) is 5.26 Å². The van der Waals surface area contributed by atoms with Crippen LogP contribution in [0.25, 0.3) is 0 Å². The lowest BCUT2D eigenvalue weighted by Gasteiger charge is -2.34. The van der Waals surface area contributed by atoms with Gasteiger partial charge in [-0.2, -0.15) is 5.26 Å². The van der Waals surface area contributed by atoms with Crippen LogP contribution in [-0.4, -0.2) is 36.6 Å². The van der Waals surface area contributed by atoms with Crippen LogP contribution in [-0.2, 0) is 0 Å². The smallest absolute Gasteiger partial charge is 0.0638 e. The molecule has 2 fully saturated rings. The monoisotopic (exact) mass is 221 g/mol. The lowest BCUT2D eigenvalue weighted by Crippen LogP contribution is -2.45. The molecule has 0 aromatic heterocycles. The van der Waals surface area contributed by atoms with E-state index in [1.165, 1.54) is 32.2 Å². The van der Waals surface area contributed by atoms with Crippen LogP contribution in [0.3, 0.4) is 0 Å². The zero-order valence-electron chi connectivity index (χ0n) is 10.3. The third-order valence-electron chi connectivity index (χ3n) is 3.98. The molecule has 90 valence electrons. The minimum absolute atomic E-state index is 0.443. The van der Waals surface area contributed by atoms with Crippen molar-refractivity contribution in [2.75, 3.05) is 19.6 Å². The Bertz CT molecular complexity index is 252. The summed E-state index contributed by atoms with van der Waals surface area (Å²) in [6.07, 6.45) is 6.12. The second-order valence-electron chi connectivity index (χ2n) is 5.41. The van der Waals surface area contributed by atoms with E-state index in [1.54, 1.807) is 0 Å². The summed E-state index contributed by atoms with van der Waals surface area (Å²) in [5.41, 5.74) is 0. The van der Waals surface area contributed by atoms with Gasteiger partial charge in [-0.1, -0.05) is 19.8 Å². The van der Waals surface area contributed by atoms with Gasteiger partial charge in [-0.25, -0.2) is 0 Å². The van der Waals surface area contributed by atoms with E-state index in [0.29, 0.717) is 18.4 Å². The summed E-state index contributed by atoms with van der Waals surface area (Å²) >= 11 is 0. The molecule has 16 heavy (non-hydrogen) atoms. The first-order valence-electron chi connectivity index (χ1n) is 6.64. The van der Waals surface area contributed by atoms with Gasteiger partial charge in [0.1, 0.15) is 0 Å². The first-order valence-corrected chi connectivity index (χ1v) is 6.64. The number of nitrogens with zero attached hydrogens (tertiary/aromatic N) is 2. The Morgan fingerprint density at radius 1 is 1.31 bits per heavy atom. The molecule has 2 aliphatic rings. The van der Waals surface area contributed by atoms with Crippen molar-refractivity contribution in [3.8, 4) is 6.07 Å². The summed E-state index contributed by atoms with van der Waals surface area (Å²) in [5, 5.41) is 12.4. The van der Waals surface area contributed by atoms with Gasteiger partial charge < -0.3 is 5.32 Å². The molecule has 0 amide bonds. The van der Waals surface area contributed by atoms with Gasteiger partial charge in [0.15, 0.2) is 0 Å². The lowest BCUT2D eigenvalue weighted by molar-refractivity contribution is 0.134. The van der Waals surface area contributed by atoms with Gasteiger partial charge >= 0.3 is 0 Å². The van der Waals surface area contributed by atoms with Crippen LogP contribution >= 0.6 is 0 Å². The third-order valence-corrected chi connectivity index (χ3v) is 3.98. The van der Waals surface area contributed by atoms with Crippen LogP contribution in [0.5, 0.6) is 0 Å². The number of nitrogens with one attached hydrogen (secondary N) is 1. The first kappa shape index (κ1) is 11.9. The minimum atomic E-state index is 0.443. The fourth-order valence-electron chi connectivity index (χ4n) is 3.17. The first-order chi connectivity index (χ1) is 7.81. The maximum Gasteiger partial charge on any atom is 0.0638 e. The minimum Gasteiger partial charge on any atom is -0.315 e. The highest BCUT2D eigenvalue weighted by Crippen LogP contribution is 2.27. The number of rotatable bonds is 2. The van der Waals surface area contributed by atoms with Crippen LogP contribution in [0, 0.1) is 17.2 Å². The number of hydrogen-bond donors (Lipinski definition) is 1. The van der Waals surface area contributed by atoms with Crippen LogP contribution in [0.2, 0.25) is 0 Å². The molecule has 0 spiro atoms. The van der Waals surface area contributed by atoms with Gasteiger partial charge in [-0.05, 0) is 25.3 Å². The van der Waals surface area contributed by atoms with Crippen molar-refractivity contribution in [3.05, 3.63) is 0 Å². The predicted octanol–water partition coefficient (Wildman–Crippen LogP) is 1.75. The van der Waals surface area contributed by atoms with Crippen molar-refractivity contribution in [3.63, 3.8) is 0 Å². The zero-order chi connectivity index (χ0) is 11.4. The average Bonchev–Trinajstić information content (AvgIpc) is 2.72. The molecule has 0 aromatic carbocycles. The molecule has 3 nitrogen and oxygen atoms in total. The topological polar surface area (TPSA) is 39.1 Å². The van der Waals surface area contributed by atoms with E-state index in [9.17, 15) is 0 Å². The summed E-state index contributed by atoms with van der Waals surface area (Å²) in [6, 6.07) is 3.55. The van der Waals surface area contributed by atoms with Crippen molar-refractivity contribution in [1.29, 1.82) is 5.26 Å². The molecule has 1 aliphatic carbocycles. The van der Waals surface area contributed by atoms with Crippen LogP contribution in [0.4, 0.5) is 0 Å². The molecule has 0 aromatic rings. The highest BCUT2D eigenvalue weighted by molar-refractivity contribution is 4.92. The molecule has 3 heteroatoms. The van der Waals surface area contributed by atoms with Gasteiger partial charge in [-0.3, -0.25) is 4.90 Å². The number of hydrogen-bond acceptors (Lipinski definition) is 3. The second-order valence-corrected chi connectivity index (χ2v) is 5.41. The van der Waals surface area contributed by atoms with E-state index in [1.807, 2.05) is 0 Å². The Balaban J connectivity index is 2.04. The third kappa shape index (κ3) is 2.75. The molecule has 0 radical (unpaired) electrons. The highest BCUT2D eigenvalue weighted by Gasteiger charge is 2.31. The molecule has 2 atom stereocenters. The normalized spacial score (nSPS) is 33.5. The number of nitriles is 1. The fourth-order valence-corrected chi connectivity index (χ4v) is 3.17. The van der Waals surface area contributed by atoms with E-state index < -0.39 is 0 Å². The van der Waals surface area contributed by atoms with Crippen molar-refractivity contribution in [2.24, 2.45) is 5.92 Å². The zero-order valence-corrected chi connectivity index (χ0v) is 10.3.